The third-order valence-electron chi connectivity index (χ3n) is 4.78. The number of phenolic OH excluding ortho intramolecular Hbond substituents is 1. The van der Waals surface area contributed by atoms with Crippen molar-refractivity contribution in [1.29, 1.82) is 0 Å². The molecule has 0 unspecified atom stereocenters. The summed E-state index contributed by atoms with van der Waals surface area (Å²) in [6.07, 6.45) is 0. The minimum absolute atomic E-state index is 0.0437. The second-order valence-electron chi connectivity index (χ2n) is 6.55. The molecule has 0 bridgehead atoms. The van der Waals surface area contributed by atoms with Gasteiger partial charge in [0.2, 0.25) is 0 Å². The monoisotopic (exact) mass is 379 g/mol. The number of methoxy groups -OCH3 is 1. The molecule has 28 heavy (non-hydrogen) atoms. The number of esters is 1. The Morgan fingerprint density at radius 1 is 1.07 bits per heavy atom. The summed E-state index contributed by atoms with van der Waals surface area (Å²) in [7, 11) is 1.57. The Kier molecular flexibility index (Phi) is 6.16. The predicted molar refractivity (Wildman–Crippen MR) is 110 cm³/mol. The molecule has 0 aromatic heterocycles. The van der Waals surface area contributed by atoms with Gasteiger partial charge in [0.05, 0.1) is 13.7 Å². The molecule has 0 fully saturated rings. The second kappa shape index (κ2) is 8.76. The average Bonchev–Trinajstić information content (AvgIpc) is 2.73. The van der Waals surface area contributed by atoms with E-state index in [1.165, 1.54) is 0 Å². The molecule has 3 aromatic rings. The van der Waals surface area contributed by atoms with Crippen LogP contribution in [0.3, 0.4) is 0 Å². The summed E-state index contributed by atoms with van der Waals surface area (Å²) >= 11 is 0. The van der Waals surface area contributed by atoms with Crippen molar-refractivity contribution in [2.75, 3.05) is 13.7 Å². The van der Waals surface area contributed by atoms with Crippen molar-refractivity contribution < 1.29 is 19.4 Å². The van der Waals surface area contributed by atoms with Gasteiger partial charge in [-0.3, -0.25) is 5.32 Å². The van der Waals surface area contributed by atoms with Crippen LogP contribution in [0.1, 0.15) is 37.1 Å². The third-order valence-corrected chi connectivity index (χ3v) is 4.78. The third kappa shape index (κ3) is 3.94. The van der Waals surface area contributed by atoms with E-state index >= 15 is 0 Å². The first-order chi connectivity index (χ1) is 13.6. The van der Waals surface area contributed by atoms with Crippen LogP contribution in [0.25, 0.3) is 10.8 Å². The molecule has 5 heteroatoms. The molecule has 0 aliphatic carbocycles. The van der Waals surface area contributed by atoms with Crippen molar-refractivity contribution in [3.05, 3.63) is 71.8 Å². The summed E-state index contributed by atoms with van der Waals surface area (Å²) in [5, 5.41) is 15.6. The lowest BCUT2D eigenvalue weighted by molar-refractivity contribution is -0.146. The Labute approximate surface area is 164 Å². The minimum Gasteiger partial charge on any atom is -0.507 e. The van der Waals surface area contributed by atoms with E-state index in [4.69, 9.17) is 9.47 Å². The molecule has 3 aromatic carbocycles. The molecule has 2 atom stereocenters. The van der Waals surface area contributed by atoms with Crippen molar-refractivity contribution >= 4 is 16.7 Å². The van der Waals surface area contributed by atoms with E-state index in [-0.39, 0.29) is 18.4 Å². The predicted octanol–water partition coefficient (Wildman–Crippen LogP) is 4.51. The van der Waals surface area contributed by atoms with Gasteiger partial charge in [0, 0.05) is 22.4 Å². The van der Waals surface area contributed by atoms with Gasteiger partial charge in [-0.1, -0.05) is 54.6 Å². The van der Waals surface area contributed by atoms with Crippen LogP contribution < -0.4 is 10.1 Å². The maximum absolute atomic E-state index is 12.8. The van der Waals surface area contributed by atoms with Crippen LogP contribution in [-0.4, -0.2) is 24.8 Å². The van der Waals surface area contributed by atoms with Gasteiger partial charge in [0.25, 0.3) is 0 Å². The molecule has 5 nitrogen and oxygen atoms in total. The number of carbonyl (C=O) groups is 1. The van der Waals surface area contributed by atoms with Crippen LogP contribution in [-0.2, 0) is 9.53 Å². The molecule has 0 aliphatic rings. The van der Waals surface area contributed by atoms with E-state index in [0.29, 0.717) is 16.7 Å². The van der Waals surface area contributed by atoms with Crippen molar-refractivity contribution in [2.45, 2.75) is 25.9 Å². The Morgan fingerprint density at radius 3 is 2.36 bits per heavy atom. The Hall–Kier alpha value is -3.05. The van der Waals surface area contributed by atoms with E-state index in [1.54, 1.807) is 26.2 Å². The highest BCUT2D eigenvalue weighted by atomic mass is 16.5. The maximum atomic E-state index is 12.8. The largest absolute Gasteiger partial charge is 0.507 e. The quantitative estimate of drug-likeness (QED) is 0.591. The van der Waals surface area contributed by atoms with Crippen molar-refractivity contribution in [3.8, 4) is 11.5 Å². The number of rotatable bonds is 7. The maximum Gasteiger partial charge on any atom is 0.327 e. The van der Waals surface area contributed by atoms with Crippen LogP contribution in [0.15, 0.2) is 60.7 Å². The number of fused-ring (bicyclic) bond motifs is 1. The lowest BCUT2D eigenvalue weighted by Crippen LogP contribution is -2.32. The number of phenols is 1. The van der Waals surface area contributed by atoms with Gasteiger partial charge in [-0.15, -0.1) is 0 Å². The fourth-order valence-corrected chi connectivity index (χ4v) is 3.33. The minimum atomic E-state index is -0.839. The lowest BCUT2D eigenvalue weighted by Gasteiger charge is -2.24. The summed E-state index contributed by atoms with van der Waals surface area (Å²) in [6, 6.07) is 17.9. The van der Waals surface area contributed by atoms with Crippen molar-refractivity contribution in [1.82, 2.24) is 5.32 Å². The van der Waals surface area contributed by atoms with Gasteiger partial charge >= 0.3 is 5.97 Å². The molecule has 3 rings (SSSR count). The van der Waals surface area contributed by atoms with E-state index in [2.05, 4.69) is 5.32 Å². The fraction of sp³-hybridized carbons (Fsp3) is 0.261. The topological polar surface area (TPSA) is 67.8 Å². The zero-order chi connectivity index (χ0) is 20.1. The van der Waals surface area contributed by atoms with Gasteiger partial charge in [-0.2, -0.15) is 0 Å². The molecule has 0 saturated heterocycles. The zero-order valence-corrected chi connectivity index (χ0v) is 16.3. The first kappa shape index (κ1) is 19.7. The van der Waals surface area contributed by atoms with Gasteiger partial charge in [-0.25, -0.2) is 4.79 Å². The first-order valence-corrected chi connectivity index (χ1v) is 9.33. The normalized spacial score (nSPS) is 13.1. The summed E-state index contributed by atoms with van der Waals surface area (Å²) in [4.78, 5) is 12.8. The van der Waals surface area contributed by atoms with Gasteiger partial charge < -0.3 is 14.6 Å². The van der Waals surface area contributed by atoms with Crippen LogP contribution in [0, 0.1) is 0 Å². The average molecular weight is 379 g/mol. The molecule has 146 valence electrons. The van der Waals surface area contributed by atoms with E-state index < -0.39 is 12.0 Å². The molecule has 0 heterocycles. The highest BCUT2D eigenvalue weighted by Crippen LogP contribution is 2.39. The van der Waals surface area contributed by atoms with Gasteiger partial charge in [0.15, 0.2) is 0 Å². The zero-order valence-electron chi connectivity index (χ0n) is 16.3. The van der Waals surface area contributed by atoms with Gasteiger partial charge in [-0.05, 0) is 25.5 Å². The summed E-state index contributed by atoms with van der Waals surface area (Å²) in [6.45, 7) is 3.98. The molecular formula is C23H25NO4. The molecule has 0 saturated carbocycles. The van der Waals surface area contributed by atoms with Crippen LogP contribution >= 0.6 is 0 Å². The van der Waals surface area contributed by atoms with Crippen LogP contribution in [0.5, 0.6) is 11.5 Å². The first-order valence-electron chi connectivity index (χ1n) is 9.33. The van der Waals surface area contributed by atoms with Crippen LogP contribution in [0.2, 0.25) is 0 Å². The second-order valence-corrected chi connectivity index (χ2v) is 6.55. The smallest absolute Gasteiger partial charge is 0.327 e. The number of carbonyl (C=O) groups excluding carboxylic acids is 1. The Balaban J connectivity index is 2.07. The van der Waals surface area contributed by atoms with E-state index in [9.17, 15) is 9.90 Å². The number of nitrogens with one attached hydrogen (secondary N) is 1. The number of benzene rings is 3. The summed E-state index contributed by atoms with van der Waals surface area (Å²) < 4.78 is 10.8. The van der Waals surface area contributed by atoms with Crippen LogP contribution in [0.4, 0.5) is 0 Å². The fourth-order valence-electron chi connectivity index (χ4n) is 3.33. The van der Waals surface area contributed by atoms with E-state index in [1.807, 2.05) is 55.5 Å². The molecule has 0 radical (unpaired) electrons. The Morgan fingerprint density at radius 2 is 1.71 bits per heavy atom. The summed E-state index contributed by atoms with van der Waals surface area (Å²) in [5.41, 5.74) is 1.46. The number of hydrogen-bond acceptors (Lipinski definition) is 5. The molecule has 0 amide bonds. The van der Waals surface area contributed by atoms with Crippen molar-refractivity contribution in [2.24, 2.45) is 0 Å². The molecule has 2 N–H and O–H groups in total. The lowest BCUT2D eigenvalue weighted by atomic mass is 9.97. The number of ether oxygens (including phenoxy) is 2. The molecular weight excluding hydrogens is 354 g/mol. The number of aromatic hydroxyl groups is 1. The number of hydrogen-bond donors (Lipinski definition) is 2. The van der Waals surface area contributed by atoms with E-state index in [0.717, 1.165) is 10.9 Å². The summed E-state index contributed by atoms with van der Waals surface area (Å²) in [5.74, 6) is 0.187. The SMILES string of the molecule is CCOC(=O)[C@@H](N[C@H](C)c1ccccc1)c1cc(OC)c2ccccc2c1O. The van der Waals surface area contributed by atoms with Crippen molar-refractivity contribution in [3.63, 3.8) is 0 Å². The Bertz CT molecular complexity index is 955. The highest BCUT2D eigenvalue weighted by Gasteiger charge is 2.28. The van der Waals surface area contributed by atoms with Gasteiger partial charge in [0.1, 0.15) is 17.5 Å². The highest BCUT2D eigenvalue weighted by molar-refractivity contribution is 5.96. The standard InChI is InChI=1S/C23H25NO4/c1-4-28-23(26)21(24-15(2)16-10-6-5-7-11-16)19-14-20(27-3)17-12-8-9-13-18(17)22(19)25/h5-15,21,24-25H,4H2,1-3H3/t15-,21+/m1/s1. The molecule has 0 aliphatic heterocycles. The molecule has 0 spiro atoms.